The maximum Gasteiger partial charge on any atom is 0.253 e. The highest BCUT2D eigenvalue weighted by Gasteiger charge is 2.29. The molecule has 2 N–H and O–H groups in total. The number of hydrogen-bond acceptors (Lipinski definition) is 5. The first-order valence-electron chi connectivity index (χ1n) is 12.1. The summed E-state index contributed by atoms with van der Waals surface area (Å²) in [6, 6.07) is 15.2. The number of carbonyl (C=O) groups is 2. The Kier molecular flexibility index (Phi) is 5.44. The maximum absolute atomic E-state index is 13.2. The second-order valence-corrected chi connectivity index (χ2v) is 9.02. The van der Waals surface area contributed by atoms with Gasteiger partial charge in [0.25, 0.3) is 5.91 Å². The van der Waals surface area contributed by atoms with Gasteiger partial charge in [0.05, 0.1) is 11.7 Å². The Labute approximate surface area is 207 Å². The molecule has 4 aromatic heterocycles. The molecular formula is C27H25N7O2. The third-order valence-corrected chi connectivity index (χ3v) is 6.78. The highest BCUT2D eigenvalue weighted by Crippen LogP contribution is 2.35. The summed E-state index contributed by atoms with van der Waals surface area (Å²) in [6.45, 7) is 3.09. The highest BCUT2D eigenvalue weighted by molar-refractivity contribution is 5.98. The summed E-state index contributed by atoms with van der Waals surface area (Å²) in [6.07, 6.45) is 6.59. The van der Waals surface area contributed by atoms with Crippen molar-refractivity contribution in [1.82, 2.24) is 29.7 Å². The standard InChI is InChI=1S/C27H25N7O2/c1-2-25(35)31-19-6-3-5-17(13-19)27(36)33-12-9-18(16-33)23-14-21-20(8-11-28-26(21)32-23)22-15-30-34-24(22)7-4-10-29-34/h3-8,10-11,13-15,18H,2,9,12,16H2,1H3,(H,28,32)(H,31,35)/t18-/m0/s1. The summed E-state index contributed by atoms with van der Waals surface area (Å²) in [5.41, 5.74) is 6.07. The minimum Gasteiger partial charge on any atom is -0.343 e. The van der Waals surface area contributed by atoms with Crippen LogP contribution in [0.4, 0.5) is 5.69 Å². The molecule has 0 spiro atoms. The zero-order valence-corrected chi connectivity index (χ0v) is 19.8. The molecule has 1 saturated heterocycles. The predicted octanol–water partition coefficient (Wildman–Crippen LogP) is 4.25. The summed E-state index contributed by atoms with van der Waals surface area (Å²) >= 11 is 0. The molecule has 9 nitrogen and oxygen atoms in total. The van der Waals surface area contributed by atoms with Gasteiger partial charge in [-0.25, -0.2) is 4.98 Å². The molecule has 1 atom stereocenters. The second kappa shape index (κ2) is 8.92. The zero-order valence-electron chi connectivity index (χ0n) is 19.8. The molecule has 0 unspecified atom stereocenters. The molecule has 1 aromatic carbocycles. The number of likely N-dealkylation sites (tertiary alicyclic amines) is 1. The summed E-state index contributed by atoms with van der Waals surface area (Å²) in [5.74, 6) is 0.0800. The van der Waals surface area contributed by atoms with E-state index in [0.717, 1.165) is 39.8 Å². The van der Waals surface area contributed by atoms with Gasteiger partial charge in [0.1, 0.15) is 5.65 Å². The smallest absolute Gasteiger partial charge is 0.253 e. The first kappa shape index (κ1) is 22.0. The lowest BCUT2D eigenvalue weighted by Gasteiger charge is -2.17. The van der Waals surface area contributed by atoms with Gasteiger partial charge in [-0.15, -0.1) is 0 Å². The van der Waals surface area contributed by atoms with Gasteiger partial charge in [-0.1, -0.05) is 13.0 Å². The molecule has 9 heteroatoms. The molecule has 180 valence electrons. The Balaban J connectivity index is 1.25. The van der Waals surface area contributed by atoms with Crippen molar-refractivity contribution in [3.05, 3.63) is 78.4 Å². The molecule has 0 aliphatic carbocycles. The summed E-state index contributed by atoms with van der Waals surface area (Å²) in [4.78, 5) is 34.9. The molecular weight excluding hydrogens is 454 g/mol. The topological polar surface area (TPSA) is 108 Å². The third-order valence-electron chi connectivity index (χ3n) is 6.78. The third kappa shape index (κ3) is 3.88. The molecule has 5 heterocycles. The molecule has 0 radical (unpaired) electrons. The average molecular weight is 480 g/mol. The van der Waals surface area contributed by atoms with Crippen LogP contribution in [0.15, 0.2) is 67.1 Å². The molecule has 2 amide bonds. The van der Waals surface area contributed by atoms with Crippen LogP contribution in [0.1, 0.15) is 41.7 Å². The van der Waals surface area contributed by atoms with Gasteiger partial charge in [0.2, 0.25) is 5.91 Å². The van der Waals surface area contributed by atoms with Crippen molar-refractivity contribution in [3.63, 3.8) is 0 Å². The van der Waals surface area contributed by atoms with Crippen LogP contribution in [0.3, 0.4) is 0 Å². The van der Waals surface area contributed by atoms with Crippen molar-refractivity contribution in [2.24, 2.45) is 0 Å². The number of anilines is 1. The lowest BCUT2D eigenvalue weighted by Crippen LogP contribution is -2.28. The SMILES string of the molecule is CCC(=O)Nc1cccc(C(=O)N2CC[C@H](c3cc4c(-c5cnn6ncccc56)ccnc4[nH]3)C2)c1. The van der Waals surface area contributed by atoms with Gasteiger partial charge in [-0.05, 0) is 54.4 Å². The molecule has 1 aliphatic heterocycles. The summed E-state index contributed by atoms with van der Waals surface area (Å²) < 4.78 is 1.62. The predicted molar refractivity (Wildman–Crippen MR) is 137 cm³/mol. The van der Waals surface area contributed by atoms with Gasteiger partial charge in [0, 0.05) is 65.7 Å². The first-order valence-corrected chi connectivity index (χ1v) is 12.1. The van der Waals surface area contributed by atoms with E-state index in [1.54, 1.807) is 48.2 Å². The lowest BCUT2D eigenvalue weighted by atomic mass is 10.0. The number of fused-ring (bicyclic) bond motifs is 2. The van der Waals surface area contributed by atoms with Crippen molar-refractivity contribution >= 4 is 34.1 Å². The van der Waals surface area contributed by atoms with E-state index >= 15 is 0 Å². The highest BCUT2D eigenvalue weighted by atomic mass is 16.2. The van der Waals surface area contributed by atoms with Crippen molar-refractivity contribution in [1.29, 1.82) is 0 Å². The van der Waals surface area contributed by atoms with Crippen LogP contribution in [-0.2, 0) is 4.79 Å². The number of nitrogens with one attached hydrogen (secondary N) is 2. The van der Waals surface area contributed by atoms with Crippen LogP contribution in [0, 0.1) is 0 Å². The summed E-state index contributed by atoms with van der Waals surface area (Å²) in [7, 11) is 0. The molecule has 6 rings (SSSR count). The number of aromatic nitrogens is 5. The van der Waals surface area contributed by atoms with Crippen LogP contribution in [-0.4, -0.2) is 54.6 Å². The zero-order chi connectivity index (χ0) is 24.6. The van der Waals surface area contributed by atoms with E-state index in [9.17, 15) is 9.59 Å². The number of benzene rings is 1. The van der Waals surface area contributed by atoms with E-state index in [1.165, 1.54) is 0 Å². The molecule has 1 fully saturated rings. The Bertz CT molecular complexity index is 1600. The number of carbonyl (C=O) groups excluding carboxylic acids is 2. The Hall–Kier alpha value is -4.53. The molecule has 36 heavy (non-hydrogen) atoms. The van der Waals surface area contributed by atoms with Gasteiger partial charge in [0.15, 0.2) is 0 Å². The number of nitrogens with zero attached hydrogens (tertiary/aromatic N) is 5. The van der Waals surface area contributed by atoms with E-state index in [4.69, 9.17) is 0 Å². The number of H-pyrrole nitrogens is 1. The average Bonchev–Trinajstić information content (AvgIpc) is 3.66. The van der Waals surface area contributed by atoms with E-state index in [2.05, 4.69) is 31.5 Å². The number of rotatable bonds is 5. The minimum atomic E-state index is -0.0759. The number of aromatic amines is 1. The number of amides is 2. The van der Waals surface area contributed by atoms with Crippen LogP contribution < -0.4 is 5.32 Å². The fraction of sp³-hybridized carbons (Fsp3) is 0.222. The van der Waals surface area contributed by atoms with Crippen molar-refractivity contribution in [2.75, 3.05) is 18.4 Å². The number of hydrogen-bond donors (Lipinski definition) is 2. The second-order valence-electron chi connectivity index (χ2n) is 9.02. The molecule has 5 aromatic rings. The van der Waals surface area contributed by atoms with E-state index in [1.807, 2.05) is 29.3 Å². The van der Waals surface area contributed by atoms with Gasteiger partial charge in [-0.3, -0.25) is 9.59 Å². The minimum absolute atomic E-state index is 0.0288. The van der Waals surface area contributed by atoms with E-state index < -0.39 is 0 Å². The van der Waals surface area contributed by atoms with Crippen LogP contribution in [0.25, 0.3) is 27.7 Å². The van der Waals surface area contributed by atoms with Gasteiger partial charge >= 0.3 is 0 Å². The molecule has 1 aliphatic rings. The fourth-order valence-electron chi connectivity index (χ4n) is 4.90. The normalized spacial score (nSPS) is 15.6. The maximum atomic E-state index is 13.2. The van der Waals surface area contributed by atoms with Crippen molar-refractivity contribution < 1.29 is 9.59 Å². The summed E-state index contributed by atoms with van der Waals surface area (Å²) in [5, 5.41) is 12.5. The van der Waals surface area contributed by atoms with Crippen LogP contribution in [0.2, 0.25) is 0 Å². The Morgan fingerprint density at radius 1 is 1.08 bits per heavy atom. The van der Waals surface area contributed by atoms with Crippen molar-refractivity contribution in [3.8, 4) is 11.1 Å². The van der Waals surface area contributed by atoms with Gasteiger partial charge < -0.3 is 15.2 Å². The fourth-order valence-corrected chi connectivity index (χ4v) is 4.90. The van der Waals surface area contributed by atoms with E-state index in [0.29, 0.717) is 30.8 Å². The quantitative estimate of drug-likeness (QED) is 0.392. The van der Waals surface area contributed by atoms with Crippen LogP contribution in [0.5, 0.6) is 0 Å². The Morgan fingerprint density at radius 3 is 2.89 bits per heavy atom. The van der Waals surface area contributed by atoms with Gasteiger partial charge in [-0.2, -0.15) is 14.8 Å². The lowest BCUT2D eigenvalue weighted by molar-refractivity contribution is -0.115. The Morgan fingerprint density at radius 2 is 2.00 bits per heavy atom. The largest absolute Gasteiger partial charge is 0.343 e. The van der Waals surface area contributed by atoms with Crippen molar-refractivity contribution in [2.45, 2.75) is 25.7 Å². The number of pyridine rings is 1. The molecule has 0 saturated carbocycles. The molecule has 0 bridgehead atoms. The first-order chi connectivity index (χ1) is 17.6. The monoisotopic (exact) mass is 479 g/mol. The van der Waals surface area contributed by atoms with E-state index in [-0.39, 0.29) is 17.7 Å². The van der Waals surface area contributed by atoms with Crippen LogP contribution >= 0.6 is 0 Å².